The van der Waals surface area contributed by atoms with Gasteiger partial charge < -0.3 is 10.6 Å². The molecule has 0 spiro atoms. The SMILES string of the molecule is Cn1cc(N)c(N2CCc3ccccc32)n1. The molecule has 0 aliphatic carbocycles. The van der Waals surface area contributed by atoms with Crippen LogP contribution in [-0.2, 0) is 13.5 Å². The van der Waals surface area contributed by atoms with Crippen molar-refractivity contribution in [2.75, 3.05) is 17.2 Å². The van der Waals surface area contributed by atoms with Crippen LogP contribution in [-0.4, -0.2) is 16.3 Å². The fourth-order valence-corrected chi connectivity index (χ4v) is 2.26. The van der Waals surface area contributed by atoms with Crippen molar-refractivity contribution in [3.8, 4) is 0 Å². The highest BCUT2D eigenvalue weighted by atomic mass is 15.4. The average molecular weight is 214 g/mol. The van der Waals surface area contributed by atoms with Crippen LogP contribution in [0, 0.1) is 0 Å². The van der Waals surface area contributed by atoms with Crippen molar-refractivity contribution in [3.63, 3.8) is 0 Å². The van der Waals surface area contributed by atoms with Crippen LogP contribution < -0.4 is 10.6 Å². The maximum atomic E-state index is 5.95. The van der Waals surface area contributed by atoms with Gasteiger partial charge >= 0.3 is 0 Å². The Morgan fingerprint density at radius 2 is 2.12 bits per heavy atom. The standard InChI is InChI=1S/C12H14N4/c1-15-8-10(13)12(14-15)16-7-6-9-4-2-3-5-11(9)16/h2-5,8H,6-7,13H2,1H3. The first kappa shape index (κ1) is 9.27. The monoisotopic (exact) mass is 214 g/mol. The van der Waals surface area contributed by atoms with Crippen LogP contribution in [0.5, 0.6) is 0 Å². The van der Waals surface area contributed by atoms with Crippen molar-refractivity contribution in [3.05, 3.63) is 36.0 Å². The molecule has 0 amide bonds. The number of aromatic nitrogens is 2. The number of aryl methyl sites for hydroxylation is 1. The second kappa shape index (κ2) is 3.27. The molecule has 3 rings (SSSR count). The number of para-hydroxylation sites is 1. The zero-order valence-corrected chi connectivity index (χ0v) is 9.22. The Hall–Kier alpha value is -1.97. The number of nitrogens with zero attached hydrogens (tertiary/aromatic N) is 3. The number of benzene rings is 1. The van der Waals surface area contributed by atoms with E-state index in [4.69, 9.17) is 5.73 Å². The quantitative estimate of drug-likeness (QED) is 0.786. The topological polar surface area (TPSA) is 47.1 Å². The van der Waals surface area contributed by atoms with Gasteiger partial charge in [0.1, 0.15) is 0 Å². The maximum Gasteiger partial charge on any atom is 0.178 e. The Morgan fingerprint density at radius 1 is 1.31 bits per heavy atom. The number of anilines is 3. The van der Waals surface area contributed by atoms with Crippen LogP contribution in [0.15, 0.2) is 30.5 Å². The van der Waals surface area contributed by atoms with Crippen LogP contribution in [0.3, 0.4) is 0 Å². The van der Waals surface area contributed by atoms with Crippen molar-refractivity contribution in [1.29, 1.82) is 0 Å². The number of fused-ring (bicyclic) bond motifs is 1. The van der Waals surface area contributed by atoms with Crippen molar-refractivity contribution >= 4 is 17.2 Å². The molecule has 82 valence electrons. The summed E-state index contributed by atoms with van der Waals surface area (Å²) in [6, 6.07) is 8.41. The minimum Gasteiger partial charge on any atom is -0.394 e. The normalized spacial score (nSPS) is 14.2. The molecule has 0 atom stereocenters. The predicted octanol–water partition coefficient (Wildman–Crippen LogP) is 1.70. The third-order valence-electron chi connectivity index (χ3n) is 2.98. The first-order valence-electron chi connectivity index (χ1n) is 5.40. The lowest BCUT2D eigenvalue weighted by Crippen LogP contribution is -2.15. The molecule has 2 heterocycles. The number of hydrogen-bond acceptors (Lipinski definition) is 3. The van der Waals surface area contributed by atoms with E-state index in [1.54, 1.807) is 4.68 Å². The maximum absolute atomic E-state index is 5.95. The van der Waals surface area contributed by atoms with Crippen molar-refractivity contribution in [2.24, 2.45) is 7.05 Å². The zero-order valence-electron chi connectivity index (χ0n) is 9.22. The number of hydrogen-bond donors (Lipinski definition) is 1. The molecule has 1 aromatic heterocycles. The van der Waals surface area contributed by atoms with E-state index in [1.807, 2.05) is 13.2 Å². The number of nitrogens with two attached hydrogens (primary N) is 1. The smallest absolute Gasteiger partial charge is 0.178 e. The van der Waals surface area contributed by atoms with E-state index in [1.165, 1.54) is 11.3 Å². The summed E-state index contributed by atoms with van der Waals surface area (Å²) < 4.78 is 1.76. The van der Waals surface area contributed by atoms with E-state index in [0.717, 1.165) is 24.5 Å². The Labute approximate surface area is 94.3 Å². The van der Waals surface area contributed by atoms with Gasteiger partial charge in [-0.15, -0.1) is 0 Å². The summed E-state index contributed by atoms with van der Waals surface area (Å²) in [6.45, 7) is 0.959. The summed E-state index contributed by atoms with van der Waals surface area (Å²) in [5.41, 5.74) is 9.29. The number of nitrogen functional groups attached to an aromatic ring is 1. The van der Waals surface area contributed by atoms with Crippen molar-refractivity contribution in [2.45, 2.75) is 6.42 Å². The molecule has 4 heteroatoms. The van der Waals surface area contributed by atoms with Crippen LogP contribution in [0.4, 0.5) is 17.2 Å². The third kappa shape index (κ3) is 1.26. The minimum absolute atomic E-state index is 0.735. The lowest BCUT2D eigenvalue weighted by atomic mass is 10.2. The van der Waals surface area contributed by atoms with Gasteiger partial charge in [-0.3, -0.25) is 4.68 Å². The van der Waals surface area contributed by atoms with Crippen LogP contribution in [0.25, 0.3) is 0 Å². The summed E-state index contributed by atoms with van der Waals surface area (Å²) in [7, 11) is 1.89. The summed E-state index contributed by atoms with van der Waals surface area (Å²) in [6.07, 6.45) is 2.91. The molecule has 0 radical (unpaired) electrons. The van der Waals surface area contributed by atoms with Gasteiger partial charge in [0.05, 0.1) is 5.69 Å². The molecule has 0 saturated heterocycles. The minimum atomic E-state index is 0.735. The van der Waals surface area contributed by atoms with Gasteiger partial charge in [-0.1, -0.05) is 18.2 Å². The van der Waals surface area contributed by atoms with Crippen LogP contribution in [0.1, 0.15) is 5.56 Å². The summed E-state index contributed by atoms with van der Waals surface area (Å²) in [4.78, 5) is 2.19. The van der Waals surface area contributed by atoms with Gasteiger partial charge in [0.25, 0.3) is 0 Å². The molecule has 0 fully saturated rings. The molecular weight excluding hydrogens is 200 g/mol. The molecule has 0 saturated carbocycles. The fraction of sp³-hybridized carbons (Fsp3) is 0.250. The fourth-order valence-electron chi connectivity index (χ4n) is 2.26. The average Bonchev–Trinajstić information content (AvgIpc) is 2.81. The van der Waals surface area contributed by atoms with E-state index in [2.05, 4.69) is 34.3 Å². The second-order valence-electron chi connectivity index (χ2n) is 4.11. The van der Waals surface area contributed by atoms with E-state index in [9.17, 15) is 0 Å². The van der Waals surface area contributed by atoms with Gasteiger partial charge in [-0.25, -0.2) is 0 Å². The van der Waals surface area contributed by atoms with E-state index in [-0.39, 0.29) is 0 Å². The van der Waals surface area contributed by atoms with Gasteiger partial charge in [0.15, 0.2) is 5.82 Å². The summed E-state index contributed by atoms with van der Waals surface area (Å²) in [5, 5.41) is 4.41. The van der Waals surface area contributed by atoms with Gasteiger partial charge in [0, 0.05) is 25.5 Å². The predicted molar refractivity (Wildman–Crippen MR) is 64.8 cm³/mol. The Bertz CT molecular complexity index is 530. The molecule has 0 unspecified atom stereocenters. The van der Waals surface area contributed by atoms with Crippen molar-refractivity contribution < 1.29 is 0 Å². The largest absolute Gasteiger partial charge is 0.394 e. The van der Waals surface area contributed by atoms with Gasteiger partial charge in [-0.05, 0) is 18.1 Å². The molecule has 1 aliphatic heterocycles. The zero-order chi connectivity index (χ0) is 11.1. The van der Waals surface area contributed by atoms with Crippen LogP contribution in [0.2, 0.25) is 0 Å². The molecule has 2 aromatic rings. The van der Waals surface area contributed by atoms with Gasteiger partial charge in [0.2, 0.25) is 0 Å². The molecule has 1 aliphatic rings. The molecule has 1 aromatic carbocycles. The highest BCUT2D eigenvalue weighted by molar-refractivity contribution is 5.74. The Balaban J connectivity index is 2.08. The lowest BCUT2D eigenvalue weighted by molar-refractivity contribution is 0.761. The molecule has 2 N–H and O–H groups in total. The van der Waals surface area contributed by atoms with E-state index >= 15 is 0 Å². The van der Waals surface area contributed by atoms with E-state index < -0.39 is 0 Å². The van der Waals surface area contributed by atoms with Gasteiger partial charge in [-0.2, -0.15) is 5.10 Å². The van der Waals surface area contributed by atoms with Crippen molar-refractivity contribution in [1.82, 2.24) is 9.78 Å². The second-order valence-corrected chi connectivity index (χ2v) is 4.11. The first-order chi connectivity index (χ1) is 7.75. The highest BCUT2D eigenvalue weighted by Gasteiger charge is 2.23. The Morgan fingerprint density at radius 3 is 2.88 bits per heavy atom. The first-order valence-corrected chi connectivity index (χ1v) is 5.40. The lowest BCUT2D eigenvalue weighted by Gasteiger charge is -2.16. The molecule has 16 heavy (non-hydrogen) atoms. The molecule has 0 bridgehead atoms. The Kier molecular flexibility index (Phi) is 1.89. The van der Waals surface area contributed by atoms with Crippen LogP contribution >= 0.6 is 0 Å². The van der Waals surface area contributed by atoms with E-state index in [0.29, 0.717) is 0 Å². The summed E-state index contributed by atoms with van der Waals surface area (Å²) >= 11 is 0. The molecule has 4 nitrogen and oxygen atoms in total. The summed E-state index contributed by atoms with van der Waals surface area (Å²) in [5.74, 6) is 0.868. The third-order valence-corrected chi connectivity index (χ3v) is 2.98. The number of rotatable bonds is 1. The molecular formula is C12H14N4. The highest BCUT2D eigenvalue weighted by Crippen LogP contribution is 2.35.